The van der Waals surface area contributed by atoms with Crippen LogP contribution >= 0.6 is 0 Å². The van der Waals surface area contributed by atoms with Gasteiger partial charge in [0.1, 0.15) is 6.42 Å². The van der Waals surface area contributed by atoms with Crippen LogP contribution < -0.4 is 5.32 Å². The summed E-state index contributed by atoms with van der Waals surface area (Å²) in [5.41, 5.74) is 1.04. The first-order valence-electron chi connectivity index (χ1n) is 7.69. The van der Waals surface area contributed by atoms with Gasteiger partial charge in [-0.15, -0.1) is 0 Å². The number of nitrogens with zero attached hydrogens (tertiary/aromatic N) is 3. The van der Waals surface area contributed by atoms with Gasteiger partial charge in [0.25, 0.3) is 0 Å². The predicted octanol–water partition coefficient (Wildman–Crippen LogP) is 1.95. The summed E-state index contributed by atoms with van der Waals surface area (Å²) in [7, 11) is 1.90. The number of hydrogen-bond donors (Lipinski definition) is 1. The zero-order valence-electron chi connectivity index (χ0n) is 13.6. The number of likely N-dealkylation sites (tertiary alicyclic amines) is 1. The van der Waals surface area contributed by atoms with Crippen molar-refractivity contribution in [1.29, 1.82) is 0 Å². The number of rotatable bonds is 5. The van der Waals surface area contributed by atoms with Crippen LogP contribution in [0.2, 0.25) is 0 Å². The summed E-state index contributed by atoms with van der Waals surface area (Å²) in [4.78, 5) is 17.8. The smallest absolute Gasteiger partial charge is 0.351 e. The number of hydrogen-bond acceptors (Lipinski definition) is 3. The third-order valence-corrected chi connectivity index (χ3v) is 4.31. The number of carbonyl (C=O) groups is 1. The van der Waals surface area contributed by atoms with Gasteiger partial charge in [0, 0.05) is 38.9 Å². The zero-order valence-corrected chi connectivity index (χ0v) is 13.6. The van der Waals surface area contributed by atoms with Crippen LogP contribution in [0.25, 0.3) is 0 Å². The summed E-state index contributed by atoms with van der Waals surface area (Å²) in [5, 5.41) is 2.57. The average molecular weight is 332 g/mol. The van der Waals surface area contributed by atoms with E-state index in [-0.39, 0.29) is 17.9 Å². The molecule has 1 amide bonds. The lowest BCUT2D eigenvalue weighted by Crippen LogP contribution is -2.43. The molecule has 1 aliphatic heterocycles. The Morgan fingerprint density at radius 1 is 1.43 bits per heavy atom. The molecule has 0 aromatic carbocycles. The van der Waals surface area contributed by atoms with Crippen LogP contribution in [0, 0.1) is 11.8 Å². The van der Waals surface area contributed by atoms with Crippen LogP contribution in [0.3, 0.4) is 0 Å². The van der Waals surface area contributed by atoms with Crippen molar-refractivity contribution >= 4 is 5.91 Å². The summed E-state index contributed by atoms with van der Waals surface area (Å²) >= 11 is 0. The van der Waals surface area contributed by atoms with Crippen molar-refractivity contribution in [1.82, 2.24) is 19.8 Å². The van der Waals surface area contributed by atoms with Crippen molar-refractivity contribution in [2.24, 2.45) is 18.9 Å². The zero-order chi connectivity index (χ0) is 17.2. The minimum atomic E-state index is -4.47. The molecule has 2 rings (SSSR count). The summed E-state index contributed by atoms with van der Waals surface area (Å²) in [6.07, 6.45) is -2.39. The number of aromatic nitrogens is 2. The molecule has 1 aromatic heterocycles. The predicted molar refractivity (Wildman–Crippen MR) is 79.4 cm³/mol. The first-order valence-corrected chi connectivity index (χ1v) is 7.69. The van der Waals surface area contributed by atoms with E-state index in [1.165, 1.54) is 0 Å². The molecule has 0 unspecified atom stereocenters. The van der Waals surface area contributed by atoms with E-state index in [0.29, 0.717) is 13.1 Å². The number of aryl methyl sites for hydroxylation is 1. The lowest BCUT2D eigenvalue weighted by molar-refractivity contribution is -0.154. The van der Waals surface area contributed by atoms with Crippen LogP contribution in [0.15, 0.2) is 12.5 Å². The van der Waals surface area contributed by atoms with Crippen molar-refractivity contribution in [3.8, 4) is 0 Å². The second kappa shape index (κ2) is 6.90. The van der Waals surface area contributed by atoms with Crippen LogP contribution in [-0.4, -0.2) is 45.7 Å². The fourth-order valence-electron chi connectivity index (χ4n) is 3.08. The molecular weight excluding hydrogens is 309 g/mol. The lowest BCUT2D eigenvalue weighted by atomic mass is 9.91. The molecule has 1 fully saturated rings. The third kappa shape index (κ3) is 4.95. The van der Waals surface area contributed by atoms with Gasteiger partial charge in [-0.25, -0.2) is 4.98 Å². The van der Waals surface area contributed by atoms with E-state index in [1.54, 1.807) is 12.5 Å². The van der Waals surface area contributed by atoms with E-state index in [1.807, 2.05) is 25.5 Å². The second-order valence-corrected chi connectivity index (χ2v) is 6.56. The van der Waals surface area contributed by atoms with Crippen LogP contribution in [0.5, 0.6) is 0 Å². The van der Waals surface area contributed by atoms with Crippen molar-refractivity contribution in [3.63, 3.8) is 0 Å². The highest BCUT2D eigenvalue weighted by Gasteiger charge is 2.38. The quantitative estimate of drug-likeness (QED) is 0.897. The van der Waals surface area contributed by atoms with Gasteiger partial charge < -0.3 is 9.88 Å². The van der Waals surface area contributed by atoms with Gasteiger partial charge in [-0.1, -0.05) is 13.8 Å². The molecule has 2 heterocycles. The highest BCUT2D eigenvalue weighted by molar-refractivity contribution is 5.77. The van der Waals surface area contributed by atoms with Crippen LogP contribution in [0.1, 0.15) is 26.0 Å². The highest BCUT2D eigenvalue weighted by Crippen LogP contribution is 2.26. The van der Waals surface area contributed by atoms with Gasteiger partial charge >= 0.3 is 6.18 Å². The van der Waals surface area contributed by atoms with E-state index in [0.717, 1.165) is 12.2 Å². The molecule has 8 heteroatoms. The molecule has 0 saturated carbocycles. The normalized spacial score (nSPS) is 22.7. The Morgan fingerprint density at radius 3 is 2.65 bits per heavy atom. The fraction of sp³-hybridized carbons (Fsp3) is 0.733. The van der Waals surface area contributed by atoms with Gasteiger partial charge in [0.05, 0.1) is 12.0 Å². The maximum atomic E-state index is 12.3. The van der Waals surface area contributed by atoms with Gasteiger partial charge in [0.2, 0.25) is 5.91 Å². The van der Waals surface area contributed by atoms with Gasteiger partial charge in [0.15, 0.2) is 0 Å². The molecule has 1 saturated heterocycles. The van der Waals surface area contributed by atoms with Gasteiger partial charge in [-0.3, -0.25) is 9.69 Å². The Kier molecular flexibility index (Phi) is 5.33. The van der Waals surface area contributed by atoms with Gasteiger partial charge in [-0.2, -0.15) is 13.2 Å². The minimum absolute atomic E-state index is 0.139. The number of halogens is 3. The Morgan fingerprint density at radius 2 is 2.13 bits per heavy atom. The van der Waals surface area contributed by atoms with Gasteiger partial charge in [-0.05, 0) is 11.8 Å². The first-order chi connectivity index (χ1) is 10.7. The maximum Gasteiger partial charge on any atom is 0.397 e. The topological polar surface area (TPSA) is 50.2 Å². The molecule has 0 spiro atoms. The van der Waals surface area contributed by atoms with Crippen molar-refractivity contribution in [2.45, 2.75) is 39.0 Å². The number of imidazole rings is 1. The lowest BCUT2D eigenvalue weighted by Gasteiger charge is -2.23. The third-order valence-electron chi connectivity index (χ3n) is 4.31. The molecule has 1 N–H and O–H groups in total. The molecule has 23 heavy (non-hydrogen) atoms. The molecule has 130 valence electrons. The summed E-state index contributed by atoms with van der Waals surface area (Å²) in [5.74, 6) is -0.529. The van der Waals surface area contributed by atoms with Crippen molar-refractivity contribution in [3.05, 3.63) is 18.2 Å². The minimum Gasteiger partial charge on any atom is -0.351 e. The highest BCUT2D eigenvalue weighted by atomic mass is 19.4. The SMILES string of the molecule is CC(C)[C@H]1CN(Cc2cncn2C)C[C@@H]1NC(=O)CC(F)(F)F. The summed E-state index contributed by atoms with van der Waals surface area (Å²) in [6.45, 7) is 6.03. The van der Waals surface area contributed by atoms with Crippen molar-refractivity contribution in [2.75, 3.05) is 13.1 Å². The fourth-order valence-corrected chi connectivity index (χ4v) is 3.08. The number of alkyl halides is 3. The van der Waals surface area contributed by atoms with E-state index in [4.69, 9.17) is 0 Å². The monoisotopic (exact) mass is 332 g/mol. The Bertz CT molecular complexity index is 541. The number of nitrogens with one attached hydrogen (secondary N) is 1. The Hall–Kier alpha value is -1.57. The number of amides is 1. The molecule has 5 nitrogen and oxygen atoms in total. The van der Waals surface area contributed by atoms with Crippen LogP contribution in [-0.2, 0) is 18.4 Å². The molecular formula is C15H23F3N4O. The Labute approximate surface area is 133 Å². The summed E-state index contributed by atoms with van der Waals surface area (Å²) < 4.78 is 38.9. The first kappa shape index (κ1) is 17.8. The van der Waals surface area contributed by atoms with Crippen molar-refractivity contribution < 1.29 is 18.0 Å². The molecule has 0 bridgehead atoms. The molecule has 1 aliphatic rings. The van der Waals surface area contributed by atoms with Crippen LogP contribution in [0.4, 0.5) is 13.2 Å². The van der Waals surface area contributed by atoms with E-state index in [2.05, 4.69) is 15.2 Å². The number of carbonyl (C=O) groups excluding carboxylic acids is 1. The Balaban J connectivity index is 1.98. The second-order valence-electron chi connectivity index (χ2n) is 6.56. The molecule has 1 aromatic rings. The molecule has 0 aliphatic carbocycles. The molecule has 2 atom stereocenters. The summed E-state index contributed by atoms with van der Waals surface area (Å²) in [6, 6.07) is -0.252. The van der Waals surface area contributed by atoms with E-state index < -0.39 is 18.5 Å². The van der Waals surface area contributed by atoms with E-state index in [9.17, 15) is 18.0 Å². The van der Waals surface area contributed by atoms with E-state index >= 15 is 0 Å². The maximum absolute atomic E-state index is 12.3. The standard InChI is InChI=1S/C15H23F3N4O/c1-10(2)12-7-22(6-11-5-19-9-21(11)3)8-13(12)20-14(23)4-15(16,17)18/h5,9-10,12-13H,4,6-8H2,1-3H3,(H,20,23)/t12-,13+/m1/s1. The largest absolute Gasteiger partial charge is 0.397 e. The average Bonchev–Trinajstić information content (AvgIpc) is 2.95. The molecule has 0 radical (unpaired) electrons.